The molecule has 0 saturated heterocycles. The minimum absolute atomic E-state index is 1.14. The van der Waals surface area contributed by atoms with E-state index in [1.807, 2.05) is 11.8 Å². The minimum Gasteiger partial charge on any atom is -0.126 e. The van der Waals surface area contributed by atoms with Gasteiger partial charge >= 0.3 is 0 Å². The quantitative estimate of drug-likeness (QED) is 0.657. The first kappa shape index (κ1) is 13.2. The van der Waals surface area contributed by atoms with E-state index in [0.717, 1.165) is 12.2 Å². The third-order valence-corrected chi connectivity index (χ3v) is 3.98. The molecular weight excluding hydrogens is 236 g/mol. The topological polar surface area (TPSA) is 0 Å². The maximum Gasteiger partial charge on any atom is 0.00722 e. The van der Waals surface area contributed by atoms with E-state index < -0.39 is 0 Å². The molecule has 0 heterocycles. The van der Waals surface area contributed by atoms with Crippen LogP contribution in [0.5, 0.6) is 0 Å². The molecule has 0 aromatic heterocycles. The molecule has 2 aromatic rings. The van der Waals surface area contributed by atoms with Crippen molar-refractivity contribution >= 4 is 11.8 Å². The van der Waals surface area contributed by atoms with Crippen molar-refractivity contribution in [2.75, 3.05) is 5.75 Å². The predicted molar refractivity (Wildman–Crippen MR) is 81.3 cm³/mol. The summed E-state index contributed by atoms with van der Waals surface area (Å²) >= 11 is 1.94. The third kappa shape index (κ3) is 4.23. The molecule has 0 amide bonds. The average molecular weight is 256 g/mol. The van der Waals surface area contributed by atoms with Gasteiger partial charge in [0.2, 0.25) is 0 Å². The summed E-state index contributed by atoms with van der Waals surface area (Å²) in [6, 6.07) is 19.7. The van der Waals surface area contributed by atoms with Crippen LogP contribution >= 0.6 is 11.8 Å². The Hall–Kier alpha value is -1.21. The Morgan fingerprint density at radius 3 is 2.11 bits per heavy atom. The molecule has 0 nitrogen and oxygen atoms in total. The van der Waals surface area contributed by atoms with Crippen LogP contribution in [0.25, 0.3) is 0 Å². The first-order valence-electron chi connectivity index (χ1n) is 6.64. The Balaban J connectivity index is 1.80. The zero-order valence-corrected chi connectivity index (χ0v) is 11.7. The van der Waals surface area contributed by atoms with Gasteiger partial charge in [0.1, 0.15) is 0 Å². The highest BCUT2D eigenvalue weighted by atomic mass is 32.2. The van der Waals surface area contributed by atoms with E-state index in [9.17, 15) is 0 Å². The zero-order valence-electron chi connectivity index (χ0n) is 10.9. The predicted octanol–water partition coefficient (Wildman–Crippen LogP) is 4.97. The van der Waals surface area contributed by atoms with Crippen molar-refractivity contribution in [1.29, 1.82) is 0 Å². The first-order chi connectivity index (χ1) is 8.88. The fourth-order valence-corrected chi connectivity index (χ4v) is 2.87. The zero-order chi connectivity index (χ0) is 12.6. The Bertz CT molecular complexity index is 445. The second-order valence-corrected chi connectivity index (χ2v) is 5.65. The van der Waals surface area contributed by atoms with Crippen molar-refractivity contribution < 1.29 is 0 Å². The van der Waals surface area contributed by atoms with Gasteiger partial charge in [0, 0.05) is 10.6 Å². The van der Waals surface area contributed by atoms with Crippen molar-refractivity contribution in [3.05, 3.63) is 65.7 Å². The van der Waals surface area contributed by atoms with Gasteiger partial charge in [0.15, 0.2) is 0 Å². The number of thioether (sulfide) groups is 1. The van der Waals surface area contributed by atoms with Gasteiger partial charge in [-0.05, 0) is 36.1 Å². The average Bonchev–Trinajstić information content (AvgIpc) is 2.42. The lowest BCUT2D eigenvalue weighted by Gasteiger charge is -2.04. The van der Waals surface area contributed by atoms with Crippen LogP contribution in [0.1, 0.15) is 24.5 Å². The van der Waals surface area contributed by atoms with Gasteiger partial charge < -0.3 is 0 Å². The lowest BCUT2D eigenvalue weighted by Crippen LogP contribution is -1.88. The highest BCUT2D eigenvalue weighted by Gasteiger charge is 1.96. The van der Waals surface area contributed by atoms with Crippen molar-refractivity contribution in [2.45, 2.75) is 31.1 Å². The second kappa shape index (κ2) is 7.27. The molecule has 0 aliphatic carbocycles. The largest absolute Gasteiger partial charge is 0.126 e. The molecule has 2 aromatic carbocycles. The van der Waals surface area contributed by atoms with Crippen LogP contribution in [-0.4, -0.2) is 5.75 Å². The van der Waals surface area contributed by atoms with Crippen molar-refractivity contribution in [3.8, 4) is 0 Å². The van der Waals surface area contributed by atoms with Gasteiger partial charge in [0.25, 0.3) is 0 Å². The summed E-state index contributed by atoms with van der Waals surface area (Å²) in [6.45, 7) is 2.22. The van der Waals surface area contributed by atoms with Gasteiger partial charge in [-0.1, -0.05) is 55.8 Å². The molecule has 18 heavy (non-hydrogen) atoms. The fourth-order valence-electron chi connectivity index (χ4n) is 1.97. The fraction of sp³-hybridized carbons (Fsp3) is 0.294. The van der Waals surface area contributed by atoms with Gasteiger partial charge in [0.05, 0.1) is 0 Å². The normalized spacial score (nSPS) is 10.5. The molecule has 2 rings (SSSR count). The number of aryl methyl sites for hydroxylation is 2. The molecule has 0 saturated carbocycles. The van der Waals surface area contributed by atoms with E-state index >= 15 is 0 Å². The highest BCUT2D eigenvalue weighted by molar-refractivity contribution is 7.99. The molecule has 0 radical (unpaired) electrons. The highest BCUT2D eigenvalue weighted by Crippen LogP contribution is 2.20. The Morgan fingerprint density at radius 1 is 0.778 bits per heavy atom. The van der Waals surface area contributed by atoms with Crippen LogP contribution in [0.2, 0.25) is 0 Å². The summed E-state index contributed by atoms with van der Waals surface area (Å²) in [7, 11) is 0. The lowest BCUT2D eigenvalue weighted by molar-refractivity contribution is 0.920. The Kier molecular flexibility index (Phi) is 5.35. The Morgan fingerprint density at radius 2 is 1.44 bits per heavy atom. The van der Waals surface area contributed by atoms with Gasteiger partial charge in [-0.3, -0.25) is 0 Å². The van der Waals surface area contributed by atoms with E-state index in [-0.39, 0.29) is 0 Å². The molecule has 0 N–H and O–H groups in total. The van der Waals surface area contributed by atoms with Gasteiger partial charge in [-0.15, -0.1) is 11.8 Å². The summed E-state index contributed by atoms with van der Waals surface area (Å²) in [6.07, 6.45) is 3.55. The van der Waals surface area contributed by atoms with Gasteiger partial charge in [-0.2, -0.15) is 0 Å². The molecule has 0 fully saturated rings. The van der Waals surface area contributed by atoms with Crippen molar-refractivity contribution in [3.63, 3.8) is 0 Å². The SMILES string of the molecule is CCCc1ccc(SCCc2ccccc2)cc1. The van der Waals surface area contributed by atoms with E-state index in [4.69, 9.17) is 0 Å². The van der Waals surface area contributed by atoms with Crippen LogP contribution in [0.15, 0.2) is 59.5 Å². The molecule has 0 aliphatic heterocycles. The molecule has 1 heteroatoms. The van der Waals surface area contributed by atoms with E-state index in [1.54, 1.807) is 0 Å². The van der Waals surface area contributed by atoms with Crippen molar-refractivity contribution in [2.24, 2.45) is 0 Å². The lowest BCUT2D eigenvalue weighted by atomic mass is 10.1. The number of hydrogen-bond acceptors (Lipinski definition) is 1. The molecule has 0 aliphatic rings. The number of hydrogen-bond donors (Lipinski definition) is 0. The van der Waals surface area contributed by atoms with Crippen LogP contribution in [0.3, 0.4) is 0 Å². The van der Waals surface area contributed by atoms with Crippen LogP contribution < -0.4 is 0 Å². The summed E-state index contributed by atoms with van der Waals surface area (Å²) in [5, 5.41) is 0. The van der Waals surface area contributed by atoms with Crippen LogP contribution in [0.4, 0.5) is 0 Å². The Labute approximate surface area is 114 Å². The first-order valence-corrected chi connectivity index (χ1v) is 7.62. The molecule has 0 bridgehead atoms. The van der Waals surface area contributed by atoms with E-state index in [2.05, 4.69) is 61.5 Å². The summed E-state index contributed by atoms with van der Waals surface area (Å²) in [5.74, 6) is 1.15. The molecule has 0 unspecified atom stereocenters. The number of benzene rings is 2. The van der Waals surface area contributed by atoms with E-state index in [0.29, 0.717) is 0 Å². The maximum atomic E-state index is 2.26. The third-order valence-electron chi connectivity index (χ3n) is 2.96. The monoisotopic (exact) mass is 256 g/mol. The second-order valence-electron chi connectivity index (χ2n) is 4.48. The standard InChI is InChI=1S/C17H20S/c1-2-6-15-9-11-17(12-10-15)18-14-13-16-7-4-3-5-8-16/h3-5,7-12H,2,6,13-14H2,1H3. The smallest absolute Gasteiger partial charge is 0.00722 e. The number of rotatable bonds is 6. The van der Waals surface area contributed by atoms with Crippen LogP contribution in [0, 0.1) is 0 Å². The molecule has 94 valence electrons. The molecular formula is C17H20S. The molecule has 0 spiro atoms. The summed E-state index contributed by atoms with van der Waals surface area (Å²) in [4.78, 5) is 1.38. The summed E-state index contributed by atoms with van der Waals surface area (Å²) in [5.41, 5.74) is 2.87. The minimum atomic E-state index is 1.14. The summed E-state index contributed by atoms with van der Waals surface area (Å²) < 4.78 is 0. The van der Waals surface area contributed by atoms with E-state index in [1.165, 1.54) is 28.9 Å². The van der Waals surface area contributed by atoms with Crippen molar-refractivity contribution in [1.82, 2.24) is 0 Å². The molecule has 0 atom stereocenters. The van der Waals surface area contributed by atoms with Gasteiger partial charge in [-0.25, -0.2) is 0 Å². The van der Waals surface area contributed by atoms with Crippen LogP contribution in [-0.2, 0) is 12.8 Å². The maximum absolute atomic E-state index is 2.26.